The van der Waals surface area contributed by atoms with Gasteiger partial charge in [-0.3, -0.25) is 0 Å². The van der Waals surface area contributed by atoms with E-state index in [1.807, 2.05) is 0 Å². The summed E-state index contributed by atoms with van der Waals surface area (Å²) < 4.78 is 62.8. The van der Waals surface area contributed by atoms with Crippen LogP contribution in [-0.4, -0.2) is 37.1 Å². The molecule has 1 aromatic rings. The summed E-state index contributed by atoms with van der Waals surface area (Å²) in [4.78, 5) is -0.178. The van der Waals surface area contributed by atoms with Gasteiger partial charge in [0.05, 0.1) is 11.5 Å². The Labute approximate surface area is 122 Å². The molecule has 0 bridgehead atoms. The molecule has 1 aromatic carbocycles. The zero-order chi connectivity index (χ0) is 16.3. The molecule has 21 heavy (non-hydrogen) atoms. The van der Waals surface area contributed by atoms with Crippen LogP contribution < -0.4 is 0 Å². The van der Waals surface area contributed by atoms with Crippen LogP contribution >= 0.6 is 0 Å². The SMILES string of the molecule is CCc1ccc(CO)cc1S(=O)(=O)N(CC)CC(F)(F)F. The largest absolute Gasteiger partial charge is 0.402 e. The minimum atomic E-state index is -4.61. The van der Waals surface area contributed by atoms with Crippen LogP contribution in [0.5, 0.6) is 0 Å². The van der Waals surface area contributed by atoms with Crippen LogP contribution in [0.2, 0.25) is 0 Å². The van der Waals surface area contributed by atoms with Crippen molar-refractivity contribution in [3.63, 3.8) is 0 Å². The topological polar surface area (TPSA) is 57.6 Å². The second-order valence-corrected chi connectivity index (χ2v) is 6.41. The number of hydrogen-bond donors (Lipinski definition) is 1. The number of halogens is 3. The van der Waals surface area contributed by atoms with Crippen molar-refractivity contribution >= 4 is 10.0 Å². The maximum absolute atomic E-state index is 12.5. The van der Waals surface area contributed by atoms with Gasteiger partial charge < -0.3 is 5.11 Å². The number of rotatable bonds is 6. The lowest BCUT2D eigenvalue weighted by molar-refractivity contribution is -0.135. The lowest BCUT2D eigenvalue weighted by Crippen LogP contribution is -2.39. The molecule has 0 amide bonds. The van der Waals surface area contributed by atoms with Crippen molar-refractivity contribution in [1.82, 2.24) is 4.31 Å². The van der Waals surface area contributed by atoms with E-state index in [-0.39, 0.29) is 18.0 Å². The number of sulfonamides is 1. The number of hydrogen-bond acceptors (Lipinski definition) is 3. The summed E-state index contributed by atoms with van der Waals surface area (Å²) in [5.74, 6) is 0. The second-order valence-electron chi connectivity index (χ2n) is 4.50. The van der Waals surface area contributed by atoms with Crippen LogP contribution in [0.1, 0.15) is 25.0 Å². The molecule has 8 heteroatoms. The summed E-state index contributed by atoms with van der Waals surface area (Å²) in [5.41, 5.74) is 0.765. The van der Waals surface area contributed by atoms with E-state index in [0.29, 0.717) is 21.9 Å². The predicted molar refractivity (Wildman–Crippen MR) is 72.2 cm³/mol. The average Bonchev–Trinajstić information content (AvgIpc) is 2.42. The van der Waals surface area contributed by atoms with Crippen molar-refractivity contribution in [2.75, 3.05) is 13.1 Å². The van der Waals surface area contributed by atoms with Crippen molar-refractivity contribution in [2.24, 2.45) is 0 Å². The second kappa shape index (κ2) is 6.76. The smallest absolute Gasteiger partial charge is 0.392 e. The molecule has 0 aliphatic rings. The first kappa shape index (κ1) is 17.9. The minimum absolute atomic E-state index is 0.178. The van der Waals surface area contributed by atoms with Gasteiger partial charge in [0.25, 0.3) is 0 Å². The van der Waals surface area contributed by atoms with Crippen molar-refractivity contribution in [1.29, 1.82) is 0 Å². The van der Waals surface area contributed by atoms with Crippen LogP contribution in [0.4, 0.5) is 13.2 Å². The molecule has 120 valence electrons. The monoisotopic (exact) mass is 325 g/mol. The van der Waals surface area contributed by atoms with E-state index in [0.717, 1.165) is 0 Å². The Morgan fingerprint density at radius 2 is 1.86 bits per heavy atom. The highest BCUT2D eigenvalue weighted by atomic mass is 32.2. The van der Waals surface area contributed by atoms with Gasteiger partial charge in [0.2, 0.25) is 10.0 Å². The van der Waals surface area contributed by atoms with E-state index in [1.165, 1.54) is 19.1 Å². The van der Waals surface area contributed by atoms with Crippen molar-refractivity contribution in [2.45, 2.75) is 37.9 Å². The lowest BCUT2D eigenvalue weighted by atomic mass is 10.1. The summed E-state index contributed by atoms with van der Waals surface area (Å²) in [6.45, 7) is 0.877. The number of nitrogens with zero attached hydrogens (tertiary/aromatic N) is 1. The average molecular weight is 325 g/mol. The summed E-state index contributed by atoms with van der Waals surface area (Å²) in [6, 6.07) is 4.30. The summed E-state index contributed by atoms with van der Waals surface area (Å²) in [5, 5.41) is 9.09. The highest BCUT2D eigenvalue weighted by Crippen LogP contribution is 2.26. The predicted octanol–water partition coefficient (Wildman–Crippen LogP) is 2.31. The molecule has 0 atom stereocenters. The first-order valence-electron chi connectivity index (χ1n) is 6.45. The van der Waals surface area contributed by atoms with Crippen LogP contribution in [0.15, 0.2) is 23.1 Å². The summed E-state index contributed by atoms with van der Waals surface area (Å²) in [7, 11) is -4.26. The third-order valence-corrected chi connectivity index (χ3v) is 5.02. The fourth-order valence-corrected chi connectivity index (χ4v) is 3.71. The van der Waals surface area contributed by atoms with E-state index in [9.17, 15) is 21.6 Å². The van der Waals surface area contributed by atoms with Gasteiger partial charge in [0, 0.05) is 6.54 Å². The van der Waals surface area contributed by atoms with Crippen LogP contribution in [0.25, 0.3) is 0 Å². The van der Waals surface area contributed by atoms with Gasteiger partial charge >= 0.3 is 6.18 Å². The molecular weight excluding hydrogens is 307 g/mol. The quantitative estimate of drug-likeness (QED) is 0.873. The van der Waals surface area contributed by atoms with E-state index >= 15 is 0 Å². The standard InChI is InChI=1S/C13H18F3NO3S/c1-3-11-6-5-10(8-18)7-12(11)21(19,20)17(4-2)9-13(14,15)16/h5-7,18H,3-4,8-9H2,1-2H3. The number of aryl methyl sites for hydroxylation is 1. The van der Waals surface area contributed by atoms with E-state index in [2.05, 4.69) is 0 Å². The molecule has 0 aromatic heterocycles. The number of aliphatic hydroxyl groups is 1. The van der Waals surface area contributed by atoms with Crippen molar-refractivity contribution in [3.8, 4) is 0 Å². The fourth-order valence-electron chi connectivity index (χ4n) is 1.94. The molecule has 0 heterocycles. The maximum atomic E-state index is 12.5. The van der Waals surface area contributed by atoms with Gasteiger partial charge in [-0.05, 0) is 23.6 Å². The molecule has 1 rings (SSSR count). The van der Waals surface area contributed by atoms with E-state index in [1.54, 1.807) is 13.0 Å². The highest BCUT2D eigenvalue weighted by molar-refractivity contribution is 7.89. The summed E-state index contributed by atoms with van der Waals surface area (Å²) in [6.07, 6.45) is -4.24. The van der Waals surface area contributed by atoms with Gasteiger partial charge in [0.1, 0.15) is 6.54 Å². The van der Waals surface area contributed by atoms with Crippen LogP contribution in [-0.2, 0) is 23.1 Å². The minimum Gasteiger partial charge on any atom is -0.392 e. The Hall–Kier alpha value is -1.12. The normalized spacial score (nSPS) is 12.9. The number of aliphatic hydroxyl groups excluding tert-OH is 1. The molecule has 0 saturated heterocycles. The Kier molecular flexibility index (Phi) is 5.77. The molecule has 1 N–H and O–H groups in total. The van der Waals surface area contributed by atoms with Crippen LogP contribution in [0, 0.1) is 0 Å². The molecule has 0 fully saturated rings. The molecule has 0 aliphatic carbocycles. The summed E-state index contributed by atoms with van der Waals surface area (Å²) >= 11 is 0. The van der Waals surface area contributed by atoms with E-state index in [4.69, 9.17) is 5.11 Å². The molecule has 0 spiro atoms. The first-order valence-corrected chi connectivity index (χ1v) is 7.89. The maximum Gasteiger partial charge on any atom is 0.402 e. The Bertz CT molecular complexity index is 585. The lowest BCUT2D eigenvalue weighted by Gasteiger charge is -2.23. The van der Waals surface area contributed by atoms with Gasteiger partial charge in [-0.2, -0.15) is 17.5 Å². The van der Waals surface area contributed by atoms with Gasteiger partial charge in [0.15, 0.2) is 0 Å². The molecule has 0 aliphatic heterocycles. The molecule has 0 radical (unpaired) electrons. The fraction of sp³-hybridized carbons (Fsp3) is 0.538. The number of alkyl halides is 3. The first-order chi connectivity index (χ1) is 9.65. The Balaban J connectivity index is 3.34. The van der Waals surface area contributed by atoms with E-state index < -0.39 is 22.7 Å². The molecular formula is C13H18F3NO3S. The van der Waals surface area contributed by atoms with Crippen molar-refractivity contribution in [3.05, 3.63) is 29.3 Å². The highest BCUT2D eigenvalue weighted by Gasteiger charge is 2.36. The van der Waals surface area contributed by atoms with Gasteiger partial charge in [-0.25, -0.2) is 8.42 Å². The van der Waals surface area contributed by atoms with Gasteiger partial charge in [-0.15, -0.1) is 0 Å². The zero-order valence-corrected chi connectivity index (χ0v) is 12.6. The molecule has 0 saturated carbocycles. The Morgan fingerprint density at radius 1 is 1.24 bits per heavy atom. The molecule has 0 unspecified atom stereocenters. The van der Waals surface area contributed by atoms with Crippen molar-refractivity contribution < 1.29 is 26.7 Å². The Morgan fingerprint density at radius 3 is 2.29 bits per heavy atom. The third-order valence-electron chi connectivity index (χ3n) is 3.02. The van der Waals surface area contributed by atoms with Crippen LogP contribution in [0.3, 0.4) is 0 Å². The van der Waals surface area contributed by atoms with Gasteiger partial charge in [-0.1, -0.05) is 26.0 Å². The molecule has 4 nitrogen and oxygen atoms in total. The zero-order valence-electron chi connectivity index (χ0n) is 11.8. The number of benzene rings is 1. The third kappa shape index (κ3) is 4.42.